The molecule has 1 aromatic carbocycles. The number of terminal acetylenes is 1. The van der Waals surface area contributed by atoms with Gasteiger partial charge in [-0.1, -0.05) is 69.7 Å². The molecule has 1 aliphatic rings. The number of benzene rings is 1. The lowest BCUT2D eigenvalue weighted by atomic mass is 9.82. The fraction of sp³-hybridized carbons (Fsp3) is 0.697. The van der Waals surface area contributed by atoms with Crippen LogP contribution in [-0.2, 0) is 26.8 Å². The quantitative estimate of drug-likeness (QED) is 0.210. The Hall–Kier alpha value is -1.92. The molecule has 42 heavy (non-hydrogen) atoms. The van der Waals surface area contributed by atoms with Gasteiger partial charge in [0, 0.05) is 32.7 Å². The number of aliphatic hydroxyl groups is 2. The van der Waals surface area contributed by atoms with E-state index in [4.69, 9.17) is 18.0 Å². The van der Waals surface area contributed by atoms with Crippen LogP contribution >= 0.6 is 11.6 Å². The number of aliphatic hydroxyl groups excluding tert-OH is 2. The highest BCUT2D eigenvalue weighted by atomic mass is 35.5. The highest BCUT2D eigenvalue weighted by molar-refractivity contribution is 7.86. The minimum absolute atomic E-state index is 0.0472. The molecule has 4 N–H and O–H groups in total. The van der Waals surface area contributed by atoms with Gasteiger partial charge in [0.25, 0.3) is 0 Å². The second kappa shape index (κ2) is 17.4. The molecule has 6 atom stereocenters. The van der Waals surface area contributed by atoms with Crippen LogP contribution in [0.5, 0.6) is 0 Å². The van der Waals surface area contributed by atoms with E-state index in [1.54, 1.807) is 12.1 Å². The number of carbonyl (C=O) groups is 2. The number of nitrogens with one attached hydrogen (secondary N) is 2. The summed E-state index contributed by atoms with van der Waals surface area (Å²) < 4.78 is 12.5. The van der Waals surface area contributed by atoms with Crippen LogP contribution in [0.25, 0.3) is 0 Å². The van der Waals surface area contributed by atoms with Gasteiger partial charge < -0.3 is 20.8 Å². The van der Waals surface area contributed by atoms with E-state index in [0.29, 0.717) is 30.2 Å². The van der Waals surface area contributed by atoms with Gasteiger partial charge >= 0.3 is 0 Å². The molecule has 1 fully saturated rings. The molecule has 0 saturated heterocycles. The summed E-state index contributed by atoms with van der Waals surface area (Å²) in [5.41, 5.74) is 0.859. The van der Waals surface area contributed by atoms with Gasteiger partial charge in [0.05, 0.1) is 18.1 Å². The Labute approximate surface area is 260 Å². The highest BCUT2D eigenvalue weighted by Crippen LogP contribution is 2.29. The van der Waals surface area contributed by atoms with E-state index >= 15 is 0 Å². The third-order valence-electron chi connectivity index (χ3n) is 7.92. The van der Waals surface area contributed by atoms with Gasteiger partial charge in [0.15, 0.2) is 0 Å². The number of halogens is 1. The number of carbonyl (C=O) groups excluding carboxylic acids is 2. The van der Waals surface area contributed by atoms with E-state index < -0.39 is 57.6 Å². The highest BCUT2D eigenvalue weighted by Gasteiger charge is 2.34. The lowest BCUT2D eigenvalue weighted by Gasteiger charge is -2.33. The zero-order valence-electron chi connectivity index (χ0n) is 25.9. The van der Waals surface area contributed by atoms with Crippen LogP contribution in [-0.4, -0.2) is 61.0 Å². The molecule has 9 heteroatoms. The van der Waals surface area contributed by atoms with Crippen LogP contribution in [0.4, 0.5) is 0 Å². The molecular formula is C33H51ClN2O5S. The topological polar surface area (TPSA) is 116 Å². The van der Waals surface area contributed by atoms with Crippen molar-refractivity contribution >= 4 is 34.2 Å². The van der Waals surface area contributed by atoms with Crippen LogP contribution in [0, 0.1) is 30.1 Å². The first kappa shape index (κ1) is 36.3. The molecule has 0 aliphatic heterocycles. The lowest BCUT2D eigenvalue weighted by Crippen LogP contribution is -2.56. The van der Waals surface area contributed by atoms with Gasteiger partial charge in [-0.05, 0) is 69.6 Å². The van der Waals surface area contributed by atoms with Crippen LogP contribution in [0.15, 0.2) is 24.3 Å². The second-order valence-corrected chi connectivity index (χ2v) is 15.8. The van der Waals surface area contributed by atoms with Crippen molar-refractivity contribution in [3.8, 4) is 12.3 Å². The average molecular weight is 623 g/mol. The fourth-order valence-electron chi connectivity index (χ4n) is 5.42. The Morgan fingerprint density at radius 2 is 1.69 bits per heavy atom. The van der Waals surface area contributed by atoms with Crippen LogP contribution in [0.1, 0.15) is 91.5 Å². The summed E-state index contributed by atoms with van der Waals surface area (Å²) in [6, 6.07) is 5.42. The zero-order chi connectivity index (χ0) is 31.4. The first-order valence-electron chi connectivity index (χ1n) is 15.2. The van der Waals surface area contributed by atoms with Crippen molar-refractivity contribution in [1.29, 1.82) is 0 Å². The normalized spacial score (nSPS) is 18.8. The minimum atomic E-state index is -1.31. The molecule has 0 bridgehead atoms. The summed E-state index contributed by atoms with van der Waals surface area (Å²) in [6.45, 7) is 9.52. The van der Waals surface area contributed by atoms with Crippen molar-refractivity contribution in [2.75, 3.05) is 5.75 Å². The smallest absolute Gasteiger partial charge is 0.243 e. The minimum Gasteiger partial charge on any atom is -0.390 e. The maximum atomic E-state index is 13.6. The van der Waals surface area contributed by atoms with Gasteiger partial charge in [-0.3, -0.25) is 13.8 Å². The van der Waals surface area contributed by atoms with Gasteiger partial charge in [0.1, 0.15) is 12.1 Å². The van der Waals surface area contributed by atoms with Gasteiger partial charge in [-0.2, -0.15) is 0 Å². The van der Waals surface area contributed by atoms with E-state index in [-0.39, 0.29) is 18.1 Å². The van der Waals surface area contributed by atoms with Crippen LogP contribution in [0.3, 0.4) is 0 Å². The Morgan fingerprint density at radius 1 is 1.07 bits per heavy atom. The summed E-state index contributed by atoms with van der Waals surface area (Å²) in [4.78, 5) is 27.2. The van der Waals surface area contributed by atoms with Crippen LogP contribution < -0.4 is 10.6 Å². The molecule has 2 amide bonds. The lowest BCUT2D eigenvalue weighted by molar-refractivity contribution is -0.132. The van der Waals surface area contributed by atoms with Crippen LogP contribution in [0.2, 0.25) is 5.02 Å². The molecule has 0 heterocycles. The van der Waals surface area contributed by atoms with E-state index in [2.05, 4.69) is 16.6 Å². The summed E-state index contributed by atoms with van der Waals surface area (Å²) >= 11 is 6.04. The van der Waals surface area contributed by atoms with E-state index in [0.717, 1.165) is 31.2 Å². The molecule has 0 aromatic heterocycles. The maximum absolute atomic E-state index is 13.6. The van der Waals surface area contributed by atoms with Gasteiger partial charge in [0.2, 0.25) is 11.8 Å². The van der Waals surface area contributed by atoms with Crippen molar-refractivity contribution in [2.45, 2.75) is 121 Å². The standard InChI is InChI=1S/C33H51ClN2O5S/c1-7-11-27(32(40)36-28(20-23-12-9-8-10-13-23)30(38)29(37)18-22(2)3)35-31(39)25(21-42(41)33(4,5)6)19-24-14-16-26(34)17-15-24/h1,14-17,22-23,25,27-30,37-38H,8-13,18-21H2,2-6H3,(H,35,39)(H,36,40)/t25-,27+,28+,29+,30-,42?/m1/s1. The first-order chi connectivity index (χ1) is 19.7. The maximum Gasteiger partial charge on any atom is 0.243 e. The third-order valence-corrected chi connectivity index (χ3v) is 10.2. The number of hydrogen-bond acceptors (Lipinski definition) is 5. The Kier molecular flexibility index (Phi) is 15.0. The summed E-state index contributed by atoms with van der Waals surface area (Å²) in [6.07, 6.45) is 10.1. The van der Waals surface area contributed by atoms with E-state index in [1.165, 1.54) is 6.42 Å². The molecule has 1 saturated carbocycles. The van der Waals surface area contributed by atoms with E-state index in [1.807, 2.05) is 46.8 Å². The average Bonchev–Trinajstić information content (AvgIpc) is 2.92. The SMILES string of the molecule is C#CC[C@H](NC(=O)[C@H](Cc1ccc(Cl)cc1)CS(=O)C(C)(C)C)C(=O)N[C@@H](CC1CCCCC1)[C@@H](O)[C@@H](O)CC(C)C. The number of hydrogen-bond donors (Lipinski definition) is 4. The molecule has 2 rings (SSSR count). The Morgan fingerprint density at radius 3 is 2.24 bits per heavy atom. The third kappa shape index (κ3) is 12.4. The molecule has 1 aliphatic carbocycles. The monoisotopic (exact) mass is 622 g/mol. The van der Waals surface area contributed by atoms with Crippen molar-refractivity contribution < 1.29 is 24.0 Å². The molecule has 7 nitrogen and oxygen atoms in total. The first-order valence-corrected chi connectivity index (χ1v) is 16.9. The Balaban J connectivity index is 2.24. The second-order valence-electron chi connectivity index (χ2n) is 13.2. The number of rotatable bonds is 15. The molecule has 1 unspecified atom stereocenters. The molecule has 1 aromatic rings. The largest absolute Gasteiger partial charge is 0.390 e. The van der Waals surface area contributed by atoms with Crippen molar-refractivity contribution in [3.63, 3.8) is 0 Å². The summed E-state index contributed by atoms with van der Waals surface area (Å²) in [5, 5.41) is 28.2. The van der Waals surface area contributed by atoms with Crippen molar-refractivity contribution in [1.82, 2.24) is 10.6 Å². The molecular weight excluding hydrogens is 572 g/mol. The predicted molar refractivity (Wildman–Crippen MR) is 171 cm³/mol. The fourth-order valence-corrected chi connectivity index (χ4v) is 6.68. The van der Waals surface area contributed by atoms with Gasteiger partial charge in [-0.25, -0.2) is 0 Å². The number of amides is 2. The van der Waals surface area contributed by atoms with Crippen molar-refractivity contribution in [3.05, 3.63) is 34.9 Å². The summed E-state index contributed by atoms with van der Waals surface area (Å²) in [5.74, 6) is 1.52. The summed E-state index contributed by atoms with van der Waals surface area (Å²) in [7, 11) is -1.31. The van der Waals surface area contributed by atoms with Gasteiger partial charge in [-0.15, -0.1) is 12.3 Å². The molecule has 0 radical (unpaired) electrons. The Bertz CT molecular complexity index is 1060. The molecule has 236 valence electrons. The predicted octanol–water partition coefficient (Wildman–Crippen LogP) is 4.78. The molecule has 0 spiro atoms. The van der Waals surface area contributed by atoms with E-state index in [9.17, 15) is 24.0 Å². The van der Waals surface area contributed by atoms with Crippen molar-refractivity contribution in [2.24, 2.45) is 17.8 Å². The zero-order valence-corrected chi connectivity index (χ0v) is 27.5.